The van der Waals surface area contributed by atoms with E-state index in [2.05, 4.69) is 36.1 Å². The van der Waals surface area contributed by atoms with Gasteiger partial charge in [0.2, 0.25) is 10.0 Å². The van der Waals surface area contributed by atoms with Gasteiger partial charge in [-0.3, -0.25) is 0 Å². The van der Waals surface area contributed by atoms with Gasteiger partial charge in [-0.05, 0) is 41.3 Å². The van der Waals surface area contributed by atoms with Crippen LogP contribution in [0.3, 0.4) is 0 Å². The number of hydrogen-bond acceptors (Lipinski definition) is 7. The molecule has 2 aromatic heterocycles. The van der Waals surface area contributed by atoms with E-state index in [1.165, 1.54) is 11.4 Å². The van der Waals surface area contributed by atoms with Crippen LogP contribution in [0.15, 0.2) is 53.7 Å². The summed E-state index contributed by atoms with van der Waals surface area (Å²) in [4.78, 5) is 2.25. The fraction of sp³-hybridized carbons (Fsp3) is 0.409. The second-order valence-electron chi connectivity index (χ2n) is 8.71. The highest BCUT2D eigenvalue weighted by Gasteiger charge is 2.32. The minimum absolute atomic E-state index is 0.170. The molecule has 170 valence electrons. The van der Waals surface area contributed by atoms with Crippen molar-refractivity contribution in [3.05, 3.63) is 54.4 Å². The molecular weight excluding hydrogens is 428 g/mol. The fourth-order valence-electron chi connectivity index (χ4n) is 3.65. The molecule has 1 saturated heterocycles. The highest BCUT2D eigenvalue weighted by Crippen LogP contribution is 2.33. The van der Waals surface area contributed by atoms with Gasteiger partial charge in [-0.15, -0.1) is 10.2 Å². The van der Waals surface area contributed by atoms with Crippen molar-refractivity contribution in [2.24, 2.45) is 0 Å². The standard InChI is InChI=1S/C22H28N6O3S/c1-22(2,3)17-6-7-18(31-4)19(16-17)32(29,30)27-14-12-26(13-15-27)20-8-9-21(25-24-20)28-11-5-10-23-28/h5-11,16H,12-15H2,1-4H3. The Balaban J connectivity index is 1.50. The van der Waals surface area contributed by atoms with Crippen molar-refractivity contribution >= 4 is 15.8 Å². The van der Waals surface area contributed by atoms with Crippen molar-refractivity contribution < 1.29 is 13.2 Å². The molecule has 3 aromatic rings. The monoisotopic (exact) mass is 456 g/mol. The van der Waals surface area contributed by atoms with Crippen LogP contribution in [0.25, 0.3) is 5.82 Å². The molecule has 32 heavy (non-hydrogen) atoms. The molecule has 1 aliphatic heterocycles. The molecule has 0 N–H and O–H groups in total. The molecule has 0 aliphatic carbocycles. The van der Waals surface area contributed by atoms with Crippen LogP contribution in [-0.2, 0) is 15.4 Å². The lowest BCUT2D eigenvalue weighted by molar-refractivity contribution is 0.373. The van der Waals surface area contributed by atoms with Gasteiger partial charge in [0.05, 0.1) is 7.11 Å². The summed E-state index contributed by atoms with van der Waals surface area (Å²) in [6, 6.07) is 10.9. The SMILES string of the molecule is COc1ccc(C(C)(C)C)cc1S(=O)(=O)N1CCN(c2ccc(-n3cccn3)nn2)CC1. The summed E-state index contributed by atoms with van der Waals surface area (Å²) in [6.07, 6.45) is 3.48. The molecule has 9 nitrogen and oxygen atoms in total. The Kier molecular flexibility index (Phi) is 5.91. The average Bonchev–Trinajstić information content (AvgIpc) is 3.33. The zero-order valence-electron chi connectivity index (χ0n) is 18.8. The summed E-state index contributed by atoms with van der Waals surface area (Å²) in [5, 5.41) is 12.7. The number of hydrogen-bond donors (Lipinski definition) is 0. The van der Waals surface area contributed by atoms with E-state index in [0.29, 0.717) is 43.6 Å². The number of aromatic nitrogens is 4. The molecule has 0 bridgehead atoms. The summed E-state index contributed by atoms with van der Waals surface area (Å²) in [7, 11) is -2.20. The van der Waals surface area contributed by atoms with Gasteiger partial charge in [0.15, 0.2) is 11.6 Å². The second kappa shape index (κ2) is 8.51. The molecule has 3 heterocycles. The molecule has 1 aliphatic rings. The summed E-state index contributed by atoms with van der Waals surface area (Å²) >= 11 is 0. The maximum Gasteiger partial charge on any atom is 0.246 e. The van der Waals surface area contributed by atoms with Crippen molar-refractivity contribution in [3.8, 4) is 11.6 Å². The Bertz CT molecular complexity index is 1160. The lowest BCUT2D eigenvalue weighted by Gasteiger charge is -2.34. The van der Waals surface area contributed by atoms with Crippen LogP contribution >= 0.6 is 0 Å². The first kappa shape index (κ1) is 22.2. The number of rotatable bonds is 5. The van der Waals surface area contributed by atoms with Crippen LogP contribution < -0.4 is 9.64 Å². The van der Waals surface area contributed by atoms with E-state index >= 15 is 0 Å². The van der Waals surface area contributed by atoms with Crippen LogP contribution in [0.4, 0.5) is 5.82 Å². The number of ether oxygens (including phenoxy) is 1. The molecule has 1 aromatic carbocycles. The number of methoxy groups -OCH3 is 1. The Morgan fingerprint density at radius 3 is 2.22 bits per heavy atom. The molecule has 10 heteroatoms. The van der Waals surface area contributed by atoms with Crippen molar-refractivity contribution in [3.63, 3.8) is 0 Å². The molecule has 0 radical (unpaired) electrons. The smallest absolute Gasteiger partial charge is 0.246 e. The molecule has 0 unspecified atom stereocenters. The third kappa shape index (κ3) is 4.33. The number of sulfonamides is 1. The quantitative estimate of drug-likeness (QED) is 0.582. The van der Waals surface area contributed by atoms with Crippen LogP contribution in [0, 0.1) is 0 Å². The first-order valence-electron chi connectivity index (χ1n) is 10.5. The van der Waals surface area contributed by atoms with Gasteiger partial charge >= 0.3 is 0 Å². The Morgan fingerprint density at radius 2 is 1.66 bits per heavy atom. The summed E-state index contributed by atoms with van der Waals surface area (Å²) in [5.41, 5.74) is 0.777. The maximum absolute atomic E-state index is 13.5. The summed E-state index contributed by atoms with van der Waals surface area (Å²) in [5.74, 6) is 1.71. The average molecular weight is 457 g/mol. The van der Waals surface area contributed by atoms with Crippen molar-refractivity contribution in [2.45, 2.75) is 31.1 Å². The van der Waals surface area contributed by atoms with E-state index < -0.39 is 10.0 Å². The first-order valence-corrected chi connectivity index (χ1v) is 11.9. The van der Waals surface area contributed by atoms with Crippen LogP contribution in [0.1, 0.15) is 26.3 Å². The van der Waals surface area contributed by atoms with Crippen molar-refractivity contribution in [1.29, 1.82) is 0 Å². The molecule has 0 spiro atoms. The minimum Gasteiger partial charge on any atom is -0.495 e. The molecular formula is C22H28N6O3S. The van der Waals surface area contributed by atoms with Gasteiger partial charge < -0.3 is 9.64 Å². The van der Waals surface area contributed by atoms with Crippen LogP contribution in [0.2, 0.25) is 0 Å². The Labute approximate surface area is 188 Å². The predicted octanol–water partition coefficient (Wildman–Crippen LogP) is 2.48. The predicted molar refractivity (Wildman–Crippen MR) is 122 cm³/mol. The molecule has 0 saturated carbocycles. The van der Waals surface area contributed by atoms with E-state index in [4.69, 9.17) is 4.74 Å². The number of piperazine rings is 1. The lowest BCUT2D eigenvalue weighted by atomic mass is 9.87. The third-order valence-electron chi connectivity index (χ3n) is 5.59. The molecule has 4 rings (SSSR count). The molecule has 1 fully saturated rings. The summed E-state index contributed by atoms with van der Waals surface area (Å²) < 4.78 is 35.4. The molecule has 0 atom stereocenters. The van der Waals surface area contributed by atoms with Crippen LogP contribution in [-0.4, -0.2) is 66.0 Å². The minimum atomic E-state index is -3.70. The lowest BCUT2D eigenvalue weighted by Crippen LogP contribution is -2.49. The van der Waals surface area contributed by atoms with Gasteiger partial charge in [0.1, 0.15) is 10.6 Å². The van der Waals surface area contributed by atoms with E-state index in [-0.39, 0.29) is 10.3 Å². The van der Waals surface area contributed by atoms with Crippen molar-refractivity contribution in [2.75, 3.05) is 38.2 Å². The van der Waals surface area contributed by atoms with Gasteiger partial charge in [-0.2, -0.15) is 9.40 Å². The normalized spacial score (nSPS) is 15.7. The van der Waals surface area contributed by atoms with E-state index in [1.54, 1.807) is 29.2 Å². The van der Waals surface area contributed by atoms with Crippen LogP contribution in [0.5, 0.6) is 5.75 Å². The second-order valence-corrected chi connectivity index (χ2v) is 10.6. The topological polar surface area (TPSA) is 93.5 Å². The highest BCUT2D eigenvalue weighted by atomic mass is 32.2. The summed E-state index contributed by atoms with van der Waals surface area (Å²) in [6.45, 7) is 7.93. The third-order valence-corrected chi connectivity index (χ3v) is 7.51. The van der Waals surface area contributed by atoms with E-state index in [1.807, 2.05) is 29.2 Å². The number of anilines is 1. The van der Waals surface area contributed by atoms with Gasteiger partial charge in [0, 0.05) is 38.6 Å². The number of benzene rings is 1. The molecule has 0 amide bonds. The van der Waals surface area contributed by atoms with Gasteiger partial charge in [-0.25, -0.2) is 13.1 Å². The van der Waals surface area contributed by atoms with E-state index in [9.17, 15) is 8.42 Å². The van der Waals surface area contributed by atoms with E-state index in [0.717, 1.165) is 5.56 Å². The number of nitrogens with zero attached hydrogens (tertiary/aromatic N) is 6. The maximum atomic E-state index is 13.5. The van der Waals surface area contributed by atoms with Gasteiger partial charge in [-0.1, -0.05) is 26.8 Å². The largest absolute Gasteiger partial charge is 0.495 e. The zero-order valence-corrected chi connectivity index (χ0v) is 19.6. The zero-order chi connectivity index (χ0) is 22.9. The fourth-order valence-corrected chi connectivity index (χ4v) is 5.26. The van der Waals surface area contributed by atoms with Gasteiger partial charge in [0.25, 0.3) is 0 Å². The highest BCUT2D eigenvalue weighted by molar-refractivity contribution is 7.89. The Morgan fingerprint density at radius 1 is 0.969 bits per heavy atom. The van der Waals surface area contributed by atoms with Crippen molar-refractivity contribution in [1.82, 2.24) is 24.3 Å². The first-order chi connectivity index (χ1) is 15.2. The Hall–Kier alpha value is -2.98.